The summed E-state index contributed by atoms with van der Waals surface area (Å²) >= 11 is 0. The summed E-state index contributed by atoms with van der Waals surface area (Å²) in [6.45, 7) is 5.56. The summed E-state index contributed by atoms with van der Waals surface area (Å²) in [5.74, 6) is -1.57. The number of nitrogens with one attached hydrogen (secondary N) is 2. The van der Waals surface area contributed by atoms with E-state index < -0.39 is 42.1 Å². The van der Waals surface area contributed by atoms with Crippen molar-refractivity contribution in [3.63, 3.8) is 0 Å². The topological polar surface area (TPSA) is 180 Å². The molecule has 0 unspecified atom stereocenters. The minimum Gasteiger partial charge on any atom is -0.445 e. The number of aliphatic hydroxyl groups is 1. The van der Waals surface area contributed by atoms with Crippen molar-refractivity contribution in [3.05, 3.63) is 90.3 Å². The van der Waals surface area contributed by atoms with Crippen LogP contribution in [0.5, 0.6) is 0 Å². The fourth-order valence-corrected chi connectivity index (χ4v) is 5.54. The summed E-state index contributed by atoms with van der Waals surface area (Å²) in [6, 6.07) is 20.0. The van der Waals surface area contributed by atoms with Crippen molar-refractivity contribution in [1.82, 2.24) is 15.5 Å². The molecule has 0 saturated heterocycles. The molecule has 0 aromatic heterocycles. The van der Waals surface area contributed by atoms with Crippen molar-refractivity contribution < 1.29 is 29.0 Å². The molecule has 0 bridgehead atoms. The fraction of sp³-hybridized carbons (Fsp3) is 0.371. The molecule has 0 aliphatic carbocycles. The summed E-state index contributed by atoms with van der Waals surface area (Å²) in [7, 11) is 0. The van der Waals surface area contributed by atoms with Gasteiger partial charge in [-0.05, 0) is 36.3 Å². The number of benzene rings is 3. The molecule has 4 amide bonds. The van der Waals surface area contributed by atoms with E-state index in [1.165, 1.54) is 4.90 Å². The number of alkyl carbamates (subject to hydrolysis) is 1. The predicted molar refractivity (Wildman–Crippen MR) is 179 cm³/mol. The van der Waals surface area contributed by atoms with Gasteiger partial charge in [-0.15, -0.1) is 0 Å². The molecule has 4 rings (SSSR count). The Morgan fingerprint density at radius 2 is 1.62 bits per heavy atom. The molecule has 1 aliphatic rings. The van der Waals surface area contributed by atoms with Gasteiger partial charge in [0.05, 0.1) is 30.3 Å². The Morgan fingerprint density at radius 3 is 2.30 bits per heavy atom. The summed E-state index contributed by atoms with van der Waals surface area (Å²) in [4.78, 5) is 55.1. The first-order valence-corrected chi connectivity index (χ1v) is 15.7. The van der Waals surface area contributed by atoms with Crippen LogP contribution in [-0.2, 0) is 25.7 Å². The van der Waals surface area contributed by atoms with Gasteiger partial charge in [-0.1, -0.05) is 80.6 Å². The van der Waals surface area contributed by atoms with Gasteiger partial charge >= 0.3 is 6.09 Å². The quantitative estimate of drug-likeness (QED) is 0.178. The molecule has 0 spiro atoms. The average Bonchev–Trinajstić information content (AvgIpc) is 3.45. The molecule has 0 fully saturated rings. The summed E-state index contributed by atoms with van der Waals surface area (Å²) in [5, 5.41) is 18.2. The lowest BCUT2D eigenvalue weighted by molar-refractivity contribution is -0.129. The van der Waals surface area contributed by atoms with Crippen LogP contribution in [0.2, 0.25) is 0 Å². The summed E-state index contributed by atoms with van der Waals surface area (Å²) in [6.07, 6.45) is -0.458. The monoisotopic (exact) mass is 644 g/mol. The number of aliphatic hydroxyl groups excluding tert-OH is 1. The van der Waals surface area contributed by atoms with Gasteiger partial charge in [-0.25, -0.2) is 4.79 Å². The number of carbonyl (C=O) groups excluding carboxylic acids is 4. The maximum atomic E-state index is 13.9. The molecule has 12 nitrogen and oxygen atoms in total. The van der Waals surface area contributed by atoms with Crippen LogP contribution in [0.1, 0.15) is 45.6 Å². The molecule has 3 aromatic rings. The van der Waals surface area contributed by atoms with Crippen LogP contribution in [0, 0.1) is 5.92 Å². The first kappa shape index (κ1) is 34.9. The third kappa shape index (κ3) is 9.53. The van der Waals surface area contributed by atoms with Gasteiger partial charge in [-0.3, -0.25) is 19.3 Å². The van der Waals surface area contributed by atoms with Gasteiger partial charge in [0.15, 0.2) is 0 Å². The van der Waals surface area contributed by atoms with E-state index in [2.05, 4.69) is 10.6 Å². The Labute approximate surface area is 274 Å². The number of amides is 4. The molecule has 250 valence electrons. The molecular weight excluding hydrogens is 600 g/mol. The highest BCUT2D eigenvalue weighted by atomic mass is 16.5. The smallest absolute Gasteiger partial charge is 0.408 e. The molecule has 47 heavy (non-hydrogen) atoms. The molecule has 7 N–H and O–H groups in total. The minimum absolute atomic E-state index is 0.0180. The van der Waals surface area contributed by atoms with E-state index in [1.54, 1.807) is 13.1 Å². The zero-order valence-electron chi connectivity index (χ0n) is 27.0. The molecule has 3 aromatic carbocycles. The number of hydrogen-bond acceptors (Lipinski definition) is 8. The third-order valence-electron chi connectivity index (χ3n) is 7.84. The lowest BCUT2D eigenvalue weighted by Gasteiger charge is -2.29. The largest absolute Gasteiger partial charge is 0.445 e. The van der Waals surface area contributed by atoms with Crippen LogP contribution >= 0.6 is 0 Å². The number of anilines is 1. The standard InChI is InChI=1S/C35H44N6O6/c1-22(2)16-28(31(42)18-32(37)43)38-33(44)29(39-35(46)47-20-24-10-5-4-6-11-24)17-26-19-40(34(45)23(3)36)21-41(26)30-15-9-13-25-12-7-8-14-27(25)30/h4-15,19,22-23,28-29,31,42H,16-18,20-21,36H2,1-3H3,(H2,37,43)(H,38,44)(H,39,46)/t23-,28-,29-,31-/m0/s1. The van der Waals surface area contributed by atoms with Gasteiger partial charge in [0.25, 0.3) is 0 Å². The maximum absolute atomic E-state index is 13.9. The Bertz CT molecular complexity index is 1590. The fourth-order valence-electron chi connectivity index (χ4n) is 5.54. The van der Waals surface area contributed by atoms with Gasteiger partial charge in [0, 0.05) is 23.7 Å². The van der Waals surface area contributed by atoms with Crippen molar-refractivity contribution in [2.45, 2.75) is 70.9 Å². The van der Waals surface area contributed by atoms with E-state index in [0.29, 0.717) is 12.1 Å². The number of nitrogens with two attached hydrogens (primary N) is 2. The van der Waals surface area contributed by atoms with E-state index in [4.69, 9.17) is 16.2 Å². The molecule has 0 radical (unpaired) electrons. The minimum atomic E-state index is -1.23. The highest BCUT2D eigenvalue weighted by Crippen LogP contribution is 2.34. The van der Waals surface area contributed by atoms with Gasteiger partial charge in [0.1, 0.15) is 19.3 Å². The van der Waals surface area contributed by atoms with Crippen LogP contribution in [0.15, 0.2) is 84.7 Å². The van der Waals surface area contributed by atoms with E-state index in [9.17, 15) is 24.3 Å². The first-order chi connectivity index (χ1) is 22.4. The van der Waals surface area contributed by atoms with E-state index >= 15 is 0 Å². The van der Waals surface area contributed by atoms with Crippen LogP contribution in [0.3, 0.4) is 0 Å². The second-order valence-electron chi connectivity index (χ2n) is 12.2. The number of fused-ring (bicyclic) bond motifs is 1. The van der Waals surface area contributed by atoms with Crippen LogP contribution in [0.25, 0.3) is 10.8 Å². The first-order valence-electron chi connectivity index (χ1n) is 15.7. The SMILES string of the molecule is CC(C)C[C@H](NC(=O)[C@H](CC1=CN(C(=O)[C@H](C)N)CN1c1cccc2ccccc12)NC(=O)OCc1ccccc1)[C@@H](O)CC(N)=O. The Hall–Kier alpha value is -4.94. The third-order valence-corrected chi connectivity index (χ3v) is 7.84. The molecule has 12 heteroatoms. The number of rotatable bonds is 14. The molecule has 4 atom stereocenters. The highest BCUT2D eigenvalue weighted by Gasteiger charge is 2.34. The number of primary amides is 1. The number of ether oxygens (including phenoxy) is 1. The average molecular weight is 645 g/mol. The summed E-state index contributed by atoms with van der Waals surface area (Å²) in [5.41, 5.74) is 13.4. The number of carbonyl (C=O) groups is 4. The number of nitrogens with zero attached hydrogens (tertiary/aromatic N) is 2. The van der Waals surface area contributed by atoms with Gasteiger partial charge in [-0.2, -0.15) is 0 Å². The van der Waals surface area contributed by atoms with Crippen molar-refractivity contribution in [2.75, 3.05) is 11.6 Å². The van der Waals surface area contributed by atoms with Crippen LogP contribution in [0.4, 0.5) is 10.5 Å². The Morgan fingerprint density at radius 1 is 0.936 bits per heavy atom. The van der Waals surface area contributed by atoms with Crippen LogP contribution < -0.4 is 27.0 Å². The maximum Gasteiger partial charge on any atom is 0.408 e. The second kappa shape index (κ2) is 16.1. The Balaban J connectivity index is 1.66. The van der Waals surface area contributed by atoms with Crippen molar-refractivity contribution in [2.24, 2.45) is 17.4 Å². The van der Waals surface area contributed by atoms with Gasteiger partial charge < -0.3 is 36.8 Å². The second-order valence-corrected chi connectivity index (χ2v) is 12.2. The van der Waals surface area contributed by atoms with Gasteiger partial charge in [0.2, 0.25) is 17.7 Å². The molecule has 1 aliphatic heterocycles. The lowest BCUT2D eigenvalue weighted by Crippen LogP contribution is -2.53. The van der Waals surface area contributed by atoms with Crippen molar-refractivity contribution >= 4 is 40.3 Å². The molecule has 0 saturated carbocycles. The van der Waals surface area contributed by atoms with E-state index in [-0.39, 0.29) is 37.9 Å². The molecule has 1 heterocycles. The zero-order chi connectivity index (χ0) is 34.1. The van der Waals surface area contributed by atoms with Crippen molar-refractivity contribution in [3.8, 4) is 0 Å². The molecular formula is C35H44N6O6. The van der Waals surface area contributed by atoms with E-state index in [1.807, 2.05) is 91.5 Å². The Kier molecular flexibility index (Phi) is 11.9. The van der Waals surface area contributed by atoms with Crippen molar-refractivity contribution in [1.29, 1.82) is 0 Å². The zero-order valence-corrected chi connectivity index (χ0v) is 27.0. The summed E-state index contributed by atoms with van der Waals surface area (Å²) < 4.78 is 5.45. The highest BCUT2D eigenvalue weighted by molar-refractivity contribution is 5.96. The van der Waals surface area contributed by atoms with Crippen LogP contribution in [-0.4, -0.2) is 64.7 Å². The lowest BCUT2D eigenvalue weighted by atomic mass is 9.96. The normalized spacial score (nSPS) is 15.5. The number of hydrogen-bond donors (Lipinski definition) is 5. The van der Waals surface area contributed by atoms with E-state index in [0.717, 1.165) is 22.0 Å². The predicted octanol–water partition coefficient (Wildman–Crippen LogP) is 3.09.